The van der Waals surface area contributed by atoms with E-state index in [0.717, 1.165) is 37.2 Å². The van der Waals surface area contributed by atoms with Crippen LogP contribution >= 0.6 is 0 Å². The number of imide groups is 2. The van der Waals surface area contributed by atoms with Crippen LogP contribution in [0, 0.1) is 0 Å². The van der Waals surface area contributed by atoms with Gasteiger partial charge in [-0.2, -0.15) is 0 Å². The molecule has 9 rings (SSSR count). The SMILES string of the molecule is COCCOCCOCCOc1cc(N2C(=O)c3ccc4c5ccc6c7c(ccc(c8ccc(c3c48)C2=O)c75)C(=O)N(c2ccccc2)C6=O)cc(OCCOCCOCCOC)c1OCCOCCOCCOC. The minimum absolute atomic E-state index is 0.0687. The van der Waals surface area contributed by atoms with E-state index in [9.17, 15) is 9.59 Å². The first kappa shape index (κ1) is 53.0. The monoisotopic (exact) mass is 1030 g/mol. The zero-order valence-corrected chi connectivity index (χ0v) is 42.3. The molecule has 0 unspecified atom stereocenters. The minimum atomic E-state index is -0.565. The van der Waals surface area contributed by atoms with Crippen LogP contribution < -0.4 is 24.0 Å². The summed E-state index contributed by atoms with van der Waals surface area (Å²) < 4.78 is 68.1. The van der Waals surface area contributed by atoms with Crippen LogP contribution in [0.2, 0.25) is 0 Å². The largest absolute Gasteiger partial charge is 0.487 e. The molecule has 394 valence electrons. The summed E-state index contributed by atoms with van der Waals surface area (Å²) in [7, 11) is 4.82. The molecule has 0 radical (unpaired) electrons. The van der Waals surface area contributed by atoms with Crippen molar-refractivity contribution in [3.63, 3.8) is 0 Å². The second-order valence-electron chi connectivity index (χ2n) is 17.3. The maximum Gasteiger partial charge on any atom is 0.265 e. The van der Waals surface area contributed by atoms with E-state index >= 15 is 9.59 Å². The summed E-state index contributed by atoms with van der Waals surface area (Å²) >= 11 is 0. The Labute approximate surface area is 433 Å². The van der Waals surface area contributed by atoms with E-state index in [1.54, 1.807) is 82.0 Å². The smallest absolute Gasteiger partial charge is 0.265 e. The highest BCUT2D eigenvalue weighted by atomic mass is 16.6. The Balaban J connectivity index is 1.04. The van der Waals surface area contributed by atoms with Crippen molar-refractivity contribution in [3.8, 4) is 17.2 Å². The first-order valence-electron chi connectivity index (χ1n) is 24.9. The molecule has 0 aliphatic carbocycles. The van der Waals surface area contributed by atoms with E-state index in [-0.39, 0.29) is 62.6 Å². The molecular formula is C57H60N2O16. The lowest BCUT2D eigenvalue weighted by Crippen LogP contribution is -2.40. The highest BCUT2D eigenvalue weighted by Gasteiger charge is 2.39. The topological polar surface area (TPSA) is 186 Å². The van der Waals surface area contributed by atoms with Gasteiger partial charge in [0.2, 0.25) is 5.75 Å². The van der Waals surface area contributed by atoms with Gasteiger partial charge in [-0.3, -0.25) is 19.2 Å². The molecule has 0 saturated carbocycles. The van der Waals surface area contributed by atoms with E-state index in [1.807, 2.05) is 30.3 Å². The molecule has 7 aromatic carbocycles. The van der Waals surface area contributed by atoms with E-state index in [1.165, 1.54) is 4.90 Å². The molecule has 0 bridgehead atoms. The summed E-state index contributed by atoms with van der Waals surface area (Å²) in [6.07, 6.45) is 0. The Morgan fingerprint density at radius 3 is 0.973 bits per heavy atom. The van der Waals surface area contributed by atoms with Crippen LogP contribution in [0.5, 0.6) is 17.2 Å². The van der Waals surface area contributed by atoms with E-state index < -0.39 is 23.6 Å². The summed E-state index contributed by atoms with van der Waals surface area (Å²) in [6.45, 7) is 5.57. The molecule has 2 aliphatic rings. The fourth-order valence-corrected chi connectivity index (χ4v) is 9.38. The molecule has 0 saturated heterocycles. The summed E-state index contributed by atoms with van der Waals surface area (Å²) in [5, 5.41) is 5.64. The van der Waals surface area contributed by atoms with Crippen LogP contribution in [-0.4, -0.2) is 164 Å². The van der Waals surface area contributed by atoms with Crippen molar-refractivity contribution in [1.29, 1.82) is 0 Å². The zero-order valence-electron chi connectivity index (χ0n) is 42.3. The maximum atomic E-state index is 15.1. The van der Waals surface area contributed by atoms with Gasteiger partial charge in [0.1, 0.15) is 19.8 Å². The number of methoxy groups -OCH3 is 3. The van der Waals surface area contributed by atoms with Crippen LogP contribution in [0.4, 0.5) is 11.4 Å². The van der Waals surface area contributed by atoms with Crippen LogP contribution in [-0.2, 0) is 42.6 Å². The first-order valence-corrected chi connectivity index (χ1v) is 24.9. The van der Waals surface area contributed by atoms with Gasteiger partial charge in [0.05, 0.1) is 110 Å². The van der Waals surface area contributed by atoms with Gasteiger partial charge in [0.15, 0.2) is 11.5 Å². The number of para-hydroxylation sites is 1. The molecular weight excluding hydrogens is 969 g/mol. The number of amides is 4. The predicted octanol–water partition coefficient (Wildman–Crippen LogP) is 7.51. The summed E-state index contributed by atoms with van der Waals surface area (Å²) in [4.78, 5) is 60.7. The third-order valence-corrected chi connectivity index (χ3v) is 12.8. The van der Waals surface area contributed by atoms with Crippen molar-refractivity contribution in [1.82, 2.24) is 0 Å². The number of anilines is 2. The van der Waals surface area contributed by atoms with Crippen LogP contribution in [0.15, 0.2) is 91.0 Å². The second kappa shape index (κ2) is 25.6. The Hall–Kier alpha value is -6.84. The standard InChI is InChI=1S/C57H60N2O16/c1-64-17-20-67-23-26-70-29-32-73-47-35-38(36-48(74-33-30-71-27-24-68-21-18-65-2)53(47)75-34-31-72-28-25-69-22-19-66-3)59-56(62)45-15-11-41-39-9-13-43-51-44(55(61)58(54(43)60)37-7-5-4-6-8-37)14-10-40(49(39)51)42-12-16-46(57(59)63)52(45)50(41)42/h4-16,35-36H,17-34H2,1-3H3. The lowest BCUT2D eigenvalue weighted by Gasteiger charge is -2.30. The number of fused-ring (bicyclic) bond motifs is 2. The van der Waals surface area contributed by atoms with Crippen LogP contribution in [0.3, 0.4) is 0 Å². The van der Waals surface area contributed by atoms with Gasteiger partial charge in [-0.15, -0.1) is 0 Å². The number of benzene rings is 7. The molecule has 7 aromatic rings. The van der Waals surface area contributed by atoms with Crippen molar-refractivity contribution in [2.24, 2.45) is 0 Å². The molecule has 0 fully saturated rings. The van der Waals surface area contributed by atoms with Crippen LogP contribution in [0.1, 0.15) is 41.4 Å². The van der Waals surface area contributed by atoms with Gasteiger partial charge in [-0.25, -0.2) is 9.80 Å². The normalized spacial score (nSPS) is 13.4. The lowest BCUT2D eigenvalue weighted by atomic mass is 9.82. The molecule has 0 atom stereocenters. The van der Waals surface area contributed by atoms with Crippen molar-refractivity contribution in [2.45, 2.75) is 0 Å². The molecule has 0 aromatic heterocycles. The van der Waals surface area contributed by atoms with E-state index in [2.05, 4.69) is 0 Å². The van der Waals surface area contributed by atoms with Crippen molar-refractivity contribution < 1.29 is 76.0 Å². The van der Waals surface area contributed by atoms with Crippen molar-refractivity contribution in [2.75, 3.05) is 150 Å². The number of nitrogens with zero attached hydrogens (tertiary/aromatic N) is 2. The van der Waals surface area contributed by atoms with Crippen LogP contribution in [0.25, 0.3) is 43.1 Å². The number of carbonyl (C=O) groups is 4. The molecule has 4 amide bonds. The minimum Gasteiger partial charge on any atom is -0.487 e. The van der Waals surface area contributed by atoms with Crippen molar-refractivity contribution >= 4 is 78.1 Å². The van der Waals surface area contributed by atoms with Gasteiger partial charge >= 0.3 is 0 Å². The van der Waals surface area contributed by atoms with Gasteiger partial charge in [-0.05, 0) is 68.7 Å². The van der Waals surface area contributed by atoms with Gasteiger partial charge < -0.3 is 56.8 Å². The second-order valence-corrected chi connectivity index (χ2v) is 17.3. The summed E-state index contributed by atoms with van der Waals surface area (Å²) in [5.41, 5.74) is 2.08. The van der Waals surface area contributed by atoms with Gasteiger partial charge in [0, 0.05) is 66.5 Å². The molecule has 0 spiro atoms. The average Bonchev–Trinajstić information content (AvgIpc) is 3.43. The number of hydrogen-bond acceptors (Lipinski definition) is 16. The highest BCUT2D eigenvalue weighted by Crippen LogP contribution is 2.48. The number of carbonyl (C=O) groups excluding carboxylic acids is 4. The highest BCUT2D eigenvalue weighted by molar-refractivity contribution is 6.45. The van der Waals surface area contributed by atoms with Gasteiger partial charge in [0.25, 0.3) is 23.6 Å². The molecule has 2 aliphatic heterocycles. The average molecular weight is 1030 g/mol. The first-order chi connectivity index (χ1) is 36.9. The predicted molar refractivity (Wildman–Crippen MR) is 280 cm³/mol. The Bertz CT molecular complexity index is 2960. The quantitative estimate of drug-likeness (QED) is 0.0174. The molecule has 18 heteroatoms. The fourth-order valence-electron chi connectivity index (χ4n) is 9.38. The molecule has 2 heterocycles. The molecule has 18 nitrogen and oxygen atoms in total. The Morgan fingerprint density at radius 1 is 0.320 bits per heavy atom. The lowest BCUT2D eigenvalue weighted by molar-refractivity contribution is 0.0146. The Morgan fingerprint density at radius 2 is 0.627 bits per heavy atom. The Kier molecular flexibility index (Phi) is 18.1. The van der Waals surface area contributed by atoms with E-state index in [4.69, 9.17) is 56.8 Å². The molecule has 75 heavy (non-hydrogen) atoms. The summed E-state index contributed by atoms with van der Waals surface area (Å²) in [5.74, 6) is -1.36. The number of rotatable bonds is 32. The molecule has 0 N–H and O–H groups in total. The van der Waals surface area contributed by atoms with Gasteiger partial charge in [-0.1, -0.05) is 42.5 Å². The van der Waals surface area contributed by atoms with Crippen molar-refractivity contribution in [3.05, 3.63) is 113 Å². The fraction of sp³-hybridized carbons (Fsp3) is 0.368. The number of ether oxygens (including phenoxy) is 12. The number of hydrogen-bond donors (Lipinski definition) is 0. The maximum absolute atomic E-state index is 15.1. The van der Waals surface area contributed by atoms with E-state index in [0.29, 0.717) is 118 Å². The third-order valence-electron chi connectivity index (χ3n) is 12.8. The third kappa shape index (κ3) is 11.4. The summed E-state index contributed by atoms with van der Waals surface area (Å²) in [6, 6.07) is 26.5. The zero-order chi connectivity index (χ0) is 52.1.